The van der Waals surface area contributed by atoms with Crippen LogP contribution in [0.25, 0.3) is 0 Å². The lowest BCUT2D eigenvalue weighted by atomic mass is 9.88. The summed E-state index contributed by atoms with van der Waals surface area (Å²) in [6.45, 7) is 5.84. The number of ketones is 1. The van der Waals surface area contributed by atoms with Crippen LogP contribution in [0.1, 0.15) is 44.0 Å². The Balaban J connectivity index is 2.87. The zero-order chi connectivity index (χ0) is 13.2. The smallest absolute Gasteiger partial charge is 0.195 e. The molecule has 0 amide bonds. The molecule has 17 heavy (non-hydrogen) atoms. The molecular weight excluding hydrogens is 229 g/mol. The molecule has 1 aromatic rings. The molecule has 0 bridgehead atoms. The first-order valence-electron chi connectivity index (χ1n) is 5.39. The van der Waals surface area contributed by atoms with Crippen molar-refractivity contribution in [3.63, 3.8) is 0 Å². The van der Waals surface area contributed by atoms with Gasteiger partial charge in [-0.25, -0.2) is 13.2 Å². The topological polar surface area (TPSA) is 17.1 Å². The van der Waals surface area contributed by atoms with Gasteiger partial charge < -0.3 is 0 Å². The Bertz CT molecular complexity index is 433. The van der Waals surface area contributed by atoms with Crippen molar-refractivity contribution >= 4 is 5.78 Å². The van der Waals surface area contributed by atoms with Crippen molar-refractivity contribution in [3.8, 4) is 0 Å². The number of benzene rings is 1. The molecule has 0 radical (unpaired) electrons. The van der Waals surface area contributed by atoms with E-state index in [0.29, 0.717) is 6.42 Å². The van der Waals surface area contributed by atoms with Crippen molar-refractivity contribution in [1.29, 1.82) is 0 Å². The molecule has 1 rings (SSSR count). The number of carbonyl (C=O) groups is 1. The van der Waals surface area contributed by atoms with Crippen LogP contribution in [0.2, 0.25) is 0 Å². The van der Waals surface area contributed by atoms with Gasteiger partial charge >= 0.3 is 0 Å². The second kappa shape index (κ2) is 4.90. The molecule has 0 aliphatic carbocycles. The van der Waals surface area contributed by atoms with E-state index in [0.717, 1.165) is 12.1 Å². The highest BCUT2D eigenvalue weighted by Crippen LogP contribution is 2.23. The summed E-state index contributed by atoms with van der Waals surface area (Å²) in [7, 11) is 0. The van der Waals surface area contributed by atoms with Gasteiger partial charge in [0, 0.05) is 6.42 Å². The number of carbonyl (C=O) groups excluding carboxylic acids is 1. The van der Waals surface area contributed by atoms with Crippen LogP contribution in [0.3, 0.4) is 0 Å². The van der Waals surface area contributed by atoms with Crippen molar-refractivity contribution in [2.75, 3.05) is 0 Å². The Morgan fingerprint density at radius 3 is 2.24 bits per heavy atom. The molecule has 1 nitrogen and oxygen atoms in total. The maximum Gasteiger partial charge on any atom is 0.195 e. The van der Waals surface area contributed by atoms with Gasteiger partial charge in [-0.15, -0.1) is 0 Å². The first kappa shape index (κ1) is 13.7. The quantitative estimate of drug-likeness (QED) is 0.577. The SMILES string of the molecule is CC(C)(C)CCC(=O)c1ccc(F)c(F)c1F. The lowest BCUT2D eigenvalue weighted by Gasteiger charge is -2.17. The fourth-order valence-corrected chi connectivity index (χ4v) is 1.36. The van der Waals surface area contributed by atoms with Crippen LogP contribution in [-0.2, 0) is 0 Å². The fraction of sp³-hybridized carbons (Fsp3) is 0.462. The van der Waals surface area contributed by atoms with Crippen LogP contribution in [0, 0.1) is 22.9 Å². The molecule has 0 heterocycles. The number of rotatable bonds is 3. The lowest BCUT2D eigenvalue weighted by molar-refractivity contribution is 0.0960. The zero-order valence-electron chi connectivity index (χ0n) is 10.1. The van der Waals surface area contributed by atoms with E-state index in [1.807, 2.05) is 20.8 Å². The molecular formula is C13H15F3O. The van der Waals surface area contributed by atoms with Gasteiger partial charge in [0.25, 0.3) is 0 Å². The largest absolute Gasteiger partial charge is 0.294 e. The van der Waals surface area contributed by atoms with Gasteiger partial charge in [0.1, 0.15) is 0 Å². The summed E-state index contributed by atoms with van der Waals surface area (Å²) in [5.41, 5.74) is -0.446. The minimum atomic E-state index is -1.59. The Kier molecular flexibility index (Phi) is 3.96. The molecule has 0 N–H and O–H groups in total. The monoisotopic (exact) mass is 244 g/mol. The minimum Gasteiger partial charge on any atom is -0.294 e. The molecule has 0 aliphatic heterocycles. The van der Waals surface area contributed by atoms with Crippen molar-refractivity contribution in [3.05, 3.63) is 35.1 Å². The van der Waals surface area contributed by atoms with E-state index in [-0.39, 0.29) is 17.4 Å². The highest BCUT2D eigenvalue weighted by Gasteiger charge is 2.20. The normalized spacial score (nSPS) is 11.6. The Labute approximate surface area is 98.6 Å². The Hall–Kier alpha value is -1.32. The van der Waals surface area contributed by atoms with Crippen LogP contribution in [0.15, 0.2) is 12.1 Å². The van der Waals surface area contributed by atoms with Gasteiger partial charge in [0.2, 0.25) is 0 Å². The molecule has 0 atom stereocenters. The molecule has 0 aliphatic rings. The number of halogens is 3. The maximum atomic E-state index is 13.3. The predicted molar refractivity (Wildman–Crippen MR) is 59.3 cm³/mol. The average Bonchev–Trinajstić information content (AvgIpc) is 2.22. The first-order valence-corrected chi connectivity index (χ1v) is 5.39. The van der Waals surface area contributed by atoms with Crippen LogP contribution in [0.5, 0.6) is 0 Å². The number of Topliss-reactive ketones (excluding diaryl/α,β-unsaturated/α-hetero) is 1. The summed E-state index contributed by atoms with van der Waals surface area (Å²) in [5, 5.41) is 0. The molecule has 0 saturated heterocycles. The van der Waals surface area contributed by atoms with E-state index in [1.54, 1.807) is 0 Å². The molecule has 0 spiro atoms. The maximum absolute atomic E-state index is 13.3. The molecule has 94 valence electrons. The van der Waals surface area contributed by atoms with Gasteiger partial charge in [-0.2, -0.15) is 0 Å². The third-order valence-corrected chi connectivity index (χ3v) is 2.44. The minimum absolute atomic E-state index is 0.0648. The number of hydrogen-bond acceptors (Lipinski definition) is 1. The summed E-state index contributed by atoms with van der Waals surface area (Å²) >= 11 is 0. The third kappa shape index (κ3) is 3.58. The van der Waals surface area contributed by atoms with E-state index >= 15 is 0 Å². The summed E-state index contributed by atoms with van der Waals surface area (Å²) in [6, 6.07) is 1.75. The summed E-state index contributed by atoms with van der Waals surface area (Å²) in [5.74, 6) is -4.78. The summed E-state index contributed by atoms with van der Waals surface area (Å²) in [4.78, 5) is 11.6. The fourth-order valence-electron chi connectivity index (χ4n) is 1.36. The van der Waals surface area contributed by atoms with Crippen LogP contribution in [-0.4, -0.2) is 5.78 Å². The van der Waals surface area contributed by atoms with Gasteiger partial charge in [-0.3, -0.25) is 4.79 Å². The molecule has 0 saturated carbocycles. The molecule has 0 unspecified atom stereocenters. The van der Waals surface area contributed by atoms with Gasteiger partial charge in [0.15, 0.2) is 23.2 Å². The van der Waals surface area contributed by atoms with Gasteiger partial charge in [-0.05, 0) is 24.0 Å². The van der Waals surface area contributed by atoms with E-state index in [9.17, 15) is 18.0 Å². The second-order valence-electron chi connectivity index (χ2n) is 5.21. The van der Waals surface area contributed by atoms with Gasteiger partial charge in [-0.1, -0.05) is 20.8 Å². The van der Waals surface area contributed by atoms with E-state index in [1.165, 1.54) is 0 Å². The van der Waals surface area contributed by atoms with Crippen molar-refractivity contribution < 1.29 is 18.0 Å². The Morgan fingerprint density at radius 1 is 1.12 bits per heavy atom. The average molecular weight is 244 g/mol. The first-order chi connectivity index (χ1) is 7.72. The number of hydrogen-bond donors (Lipinski definition) is 0. The molecule has 0 fully saturated rings. The molecule has 1 aromatic carbocycles. The standard InChI is InChI=1S/C13H15F3O/c1-13(2,3)7-6-10(17)8-4-5-9(14)12(16)11(8)15/h4-5H,6-7H2,1-3H3. The summed E-state index contributed by atoms with van der Waals surface area (Å²) in [6.07, 6.45) is 0.676. The highest BCUT2D eigenvalue weighted by atomic mass is 19.2. The van der Waals surface area contributed by atoms with Crippen LogP contribution < -0.4 is 0 Å². The van der Waals surface area contributed by atoms with E-state index in [2.05, 4.69) is 0 Å². The third-order valence-electron chi connectivity index (χ3n) is 2.44. The lowest BCUT2D eigenvalue weighted by Crippen LogP contribution is -2.11. The molecule has 4 heteroatoms. The summed E-state index contributed by atoms with van der Waals surface area (Å²) < 4.78 is 38.9. The van der Waals surface area contributed by atoms with Crippen molar-refractivity contribution in [2.45, 2.75) is 33.6 Å². The van der Waals surface area contributed by atoms with Crippen LogP contribution >= 0.6 is 0 Å². The van der Waals surface area contributed by atoms with E-state index < -0.39 is 23.2 Å². The van der Waals surface area contributed by atoms with Crippen LogP contribution in [0.4, 0.5) is 13.2 Å². The van der Waals surface area contributed by atoms with E-state index in [4.69, 9.17) is 0 Å². The molecule has 0 aromatic heterocycles. The Morgan fingerprint density at radius 2 is 1.71 bits per heavy atom. The highest BCUT2D eigenvalue weighted by molar-refractivity contribution is 5.96. The van der Waals surface area contributed by atoms with Gasteiger partial charge in [0.05, 0.1) is 5.56 Å². The zero-order valence-corrected chi connectivity index (χ0v) is 10.1. The van der Waals surface area contributed by atoms with Crippen molar-refractivity contribution in [2.24, 2.45) is 5.41 Å². The predicted octanol–water partition coefficient (Wildman–Crippen LogP) is 4.11. The second-order valence-corrected chi connectivity index (χ2v) is 5.21. The van der Waals surface area contributed by atoms with Crippen molar-refractivity contribution in [1.82, 2.24) is 0 Å².